The van der Waals surface area contributed by atoms with Crippen LogP contribution in [0.1, 0.15) is 24.0 Å². The van der Waals surface area contributed by atoms with Crippen LogP contribution in [0.3, 0.4) is 0 Å². The van der Waals surface area contributed by atoms with Gasteiger partial charge in [-0.25, -0.2) is 0 Å². The molecule has 27 heavy (non-hydrogen) atoms. The van der Waals surface area contributed by atoms with Crippen molar-refractivity contribution >= 4 is 5.91 Å². The van der Waals surface area contributed by atoms with E-state index in [0.717, 1.165) is 49.4 Å². The summed E-state index contributed by atoms with van der Waals surface area (Å²) in [5.74, 6) is 2.43. The summed E-state index contributed by atoms with van der Waals surface area (Å²) in [4.78, 5) is 14.5. The molecule has 5 nitrogen and oxygen atoms in total. The third-order valence-corrected chi connectivity index (χ3v) is 5.38. The smallest absolute Gasteiger partial charge is 0.236 e. The Morgan fingerprint density at radius 1 is 1.00 bits per heavy atom. The lowest BCUT2D eigenvalue weighted by Crippen LogP contribution is -2.43. The Labute approximate surface area is 160 Å². The van der Waals surface area contributed by atoms with Gasteiger partial charge in [0, 0.05) is 19.6 Å². The van der Waals surface area contributed by atoms with E-state index >= 15 is 0 Å². The minimum absolute atomic E-state index is 0.189. The second-order valence-corrected chi connectivity index (χ2v) is 7.31. The van der Waals surface area contributed by atoms with E-state index < -0.39 is 0 Å². The highest BCUT2D eigenvalue weighted by molar-refractivity contribution is 5.78. The van der Waals surface area contributed by atoms with Crippen LogP contribution in [0.15, 0.2) is 48.5 Å². The molecule has 5 heteroatoms. The van der Waals surface area contributed by atoms with E-state index in [1.54, 1.807) is 0 Å². The lowest BCUT2D eigenvalue weighted by atomic mass is 9.90. The van der Waals surface area contributed by atoms with Crippen LogP contribution in [0.4, 0.5) is 0 Å². The number of rotatable bonds is 6. The fourth-order valence-corrected chi connectivity index (χ4v) is 3.81. The first-order chi connectivity index (χ1) is 13.3. The molecule has 1 amide bonds. The van der Waals surface area contributed by atoms with Gasteiger partial charge in [-0.05, 0) is 48.4 Å². The number of hydrogen-bond acceptors (Lipinski definition) is 4. The molecular formula is C22H26N2O3. The predicted octanol–water partition coefficient (Wildman–Crippen LogP) is 2.99. The SMILES string of the molecule is O=C(CNCc1ccc2c(c1)OCO2)N1CCC(Cc2ccccc2)CC1. The number of benzene rings is 2. The van der Waals surface area contributed by atoms with Crippen molar-refractivity contribution in [2.24, 2.45) is 5.92 Å². The van der Waals surface area contributed by atoms with E-state index in [9.17, 15) is 4.79 Å². The number of carbonyl (C=O) groups is 1. The standard InChI is InChI=1S/C22H26N2O3/c25-22(15-23-14-19-6-7-20-21(13-19)27-16-26-20)24-10-8-18(9-11-24)12-17-4-2-1-3-5-17/h1-7,13,18,23H,8-12,14-16H2. The molecule has 2 aliphatic heterocycles. The molecule has 0 bridgehead atoms. The monoisotopic (exact) mass is 366 g/mol. The maximum atomic E-state index is 12.5. The van der Waals surface area contributed by atoms with E-state index in [1.165, 1.54) is 5.56 Å². The zero-order valence-electron chi connectivity index (χ0n) is 15.5. The van der Waals surface area contributed by atoms with Gasteiger partial charge in [-0.15, -0.1) is 0 Å². The van der Waals surface area contributed by atoms with E-state index in [1.807, 2.05) is 23.1 Å². The molecule has 142 valence electrons. The van der Waals surface area contributed by atoms with Gasteiger partial charge in [0.25, 0.3) is 0 Å². The molecule has 0 spiro atoms. The van der Waals surface area contributed by atoms with E-state index in [4.69, 9.17) is 9.47 Å². The van der Waals surface area contributed by atoms with E-state index in [-0.39, 0.29) is 12.7 Å². The lowest BCUT2D eigenvalue weighted by molar-refractivity contribution is -0.131. The fourth-order valence-electron chi connectivity index (χ4n) is 3.81. The second-order valence-electron chi connectivity index (χ2n) is 7.31. The first-order valence-electron chi connectivity index (χ1n) is 9.69. The lowest BCUT2D eigenvalue weighted by Gasteiger charge is -2.32. The molecule has 0 aliphatic carbocycles. The molecule has 1 saturated heterocycles. The van der Waals surface area contributed by atoms with Gasteiger partial charge in [0.05, 0.1) is 6.54 Å². The summed E-state index contributed by atoms with van der Waals surface area (Å²) >= 11 is 0. The maximum Gasteiger partial charge on any atom is 0.236 e. The van der Waals surface area contributed by atoms with Crippen molar-refractivity contribution in [2.45, 2.75) is 25.8 Å². The number of carbonyl (C=O) groups excluding carboxylic acids is 1. The van der Waals surface area contributed by atoms with Crippen LogP contribution in [0.25, 0.3) is 0 Å². The number of likely N-dealkylation sites (tertiary alicyclic amines) is 1. The van der Waals surface area contributed by atoms with Gasteiger partial charge in [0.2, 0.25) is 12.7 Å². The summed E-state index contributed by atoms with van der Waals surface area (Å²) in [5, 5.41) is 3.25. The Morgan fingerprint density at radius 3 is 2.59 bits per heavy atom. The van der Waals surface area contributed by atoms with Crippen LogP contribution in [-0.4, -0.2) is 37.2 Å². The molecule has 2 aromatic carbocycles. The molecule has 2 aromatic rings. The fraction of sp³-hybridized carbons (Fsp3) is 0.409. The third kappa shape index (κ3) is 4.61. The Kier molecular flexibility index (Phi) is 5.58. The van der Waals surface area contributed by atoms with Crippen molar-refractivity contribution in [1.29, 1.82) is 0 Å². The maximum absolute atomic E-state index is 12.5. The molecule has 0 radical (unpaired) electrons. The number of nitrogens with one attached hydrogen (secondary N) is 1. The summed E-state index contributed by atoms with van der Waals surface area (Å²) in [6.45, 7) is 3.03. The van der Waals surface area contributed by atoms with Crippen LogP contribution < -0.4 is 14.8 Å². The minimum atomic E-state index is 0.189. The molecular weight excluding hydrogens is 340 g/mol. The van der Waals surface area contributed by atoms with Crippen LogP contribution in [0, 0.1) is 5.92 Å². The molecule has 2 aliphatic rings. The second kappa shape index (κ2) is 8.44. The molecule has 2 heterocycles. The van der Waals surface area contributed by atoms with E-state index in [0.29, 0.717) is 19.0 Å². The van der Waals surface area contributed by atoms with Gasteiger partial charge < -0.3 is 19.7 Å². The first kappa shape index (κ1) is 17.9. The highest BCUT2D eigenvalue weighted by atomic mass is 16.7. The number of piperidine rings is 1. The number of nitrogens with zero attached hydrogens (tertiary/aromatic N) is 1. The Balaban J connectivity index is 1.18. The van der Waals surface area contributed by atoms with Gasteiger partial charge in [-0.2, -0.15) is 0 Å². The quantitative estimate of drug-likeness (QED) is 0.854. The zero-order chi connectivity index (χ0) is 18.5. The topological polar surface area (TPSA) is 50.8 Å². The van der Waals surface area contributed by atoms with Gasteiger partial charge in [0.1, 0.15) is 0 Å². The van der Waals surface area contributed by atoms with Crippen molar-refractivity contribution in [2.75, 3.05) is 26.4 Å². The van der Waals surface area contributed by atoms with Crippen molar-refractivity contribution in [3.8, 4) is 11.5 Å². The van der Waals surface area contributed by atoms with Crippen molar-refractivity contribution in [3.63, 3.8) is 0 Å². The molecule has 0 atom stereocenters. The number of ether oxygens (including phenoxy) is 2. The Bertz CT molecular complexity index is 770. The van der Waals surface area contributed by atoms with Gasteiger partial charge in [-0.3, -0.25) is 4.79 Å². The largest absolute Gasteiger partial charge is 0.454 e. The van der Waals surface area contributed by atoms with E-state index in [2.05, 4.69) is 35.6 Å². The summed E-state index contributed by atoms with van der Waals surface area (Å²) in [6.07, 6.45) is 3.29. The summed E-state index contributed by atoms with van der Waals surface area (Å²) in [5.41, 5.74) is 2.49. The first-order valence-corrected chi connectivity index (χ1v) is 9.69. The van der Waals surface area contributed by atoms with Crippen molar-refractivity contribution < 1.29 is 14.3 Å². The average Bonchev–Trinajstić information content (AvgIpc) is 3.17. The third-order valence-electron chi connectivity index (χ3n) is 5.38. The number of hydrogen-bond donors (Lipinski definition) is 1. The summed E-state index contributed by atoms with van der Waals surface area (Å²) in [7, 11) is 0. The Morgan fingerprint density at radius 2 is 1.78 bits per heavy atom. The van der Waals surface area contributed by atoms with Crippen LogP contribution in [0.2, 0.25) is 0 Å². The molecule has 1 N–H and O–H groups in total. The van der Waals surface area contributed by atoms with Gasteiger partial charge in [0.15, 0.2) is 11.5 Å². The van der Waals surface area contributed by atoms with Gasteiger partial charge in [-0.1, -0.05) is 36.4 Å². The molecule has 0 saturated carbocycles. The molecule has 0 unspecified atom stereocenters. The van der Waals surface area contributed by atoms with Crippen molar-refractivity contribution in [3.05, 3.63) is 59.7 Å². The van der Waals surface area contributed by atoms with Crippen LogP contribution in [0.5, 0.6) is 11.5 Å². The molecule has 1 fully saturated rings. The zero-order valence-corrected chi connectivity index (χ0v) is 15.5. The van der Waals surface area contributed by atoms with Crippen LogP contribution >= 0.6 is 0 Å². The summed E-state index contributed by atoms with van der Waals surface area (Å²) < 4.78 is 10.7. The highest BCUT2D eigenvalue weighted by Gasteiger charge is 2.22. The van der Waals surface area contributed by atoms with Crippen molar-refractivity contribution in [1.82, 2.24) is 10.2 Å². The van der Waals surface area contributed by atoms with Gasteiger partial charge >= 0.3 is 0 Å². The number of amides is 1. The normalized spacial score (nSPS) is 16.5. The minimum Gasteiger partial charge on any atom is -0.454 e. The van der Waals surface area contributed by atoms with Crippen LogP contribution in [-0.2, 0) is 17.8 Å². The highest BCUT2D eigenvalue weighted by Crippen LogP contribution is 2.32. The Hall–Kier alpha value is -2.53. The molecule has 0 aromatic heterocycles. The average molecular weight is 366 g/mol. The summed E-state index contributed by atoms with van der Waals surface area (Å²) in [6, 6.07) is 16.5. The molecule has 4 rings (SSSR count). The number of fused-ring (bicyclic) bond motifs is 1. The predicted molar refractivity (Wildman–Crippen MR) is 104 cm³/mol.